The number of rotatable bonds is 3. The number of aromatic nitrogens is 1. The number of carbonyl (C=O) groups excluding carboxylic acids is 1. The van der Waals surface area contributed by atoms with Gasteiger partial charge in [0.1, 0.15) is 11.3 Å². The molecule has 0 unspecified atom stereocenters. The Bertz CT molecular complexity index is 1380. The van der Waals surface area contributed by atoms with Crippen LogP contribution in [0.5, 0.6) is 0 Å². The molecule has 0 spiro atoms. The molecule has 4 aromatic carbocycles. The normalized spacial score (nSPS) is 10.7. The quantitative estimate of drug-likeness (QED) is 0.451. The third kappa shape index (κ3) is 3.64. The first kappa shape index (κ1) is 19.3. The number of halogens is 1. The van der Waals surface area contributed by atoms with E-state index in [1.807, 2.05) is 36.4 Å². The molecule has 5 nitrogen and oxygen atoms in total. The molecule has 0 atom stereocenters. The van der Waals surface area contributed by atoms with E-state index in [4.69, 9.17) is 4.42 Å². The molecular weight excluding hydrogens is 383 g/mol. The van der Waals surface area contributed by atoms with Gasteiger partial charge in [0.25, 0.3) is 5.91 Å². The van der Waals surface area contributed by atoms with Crippen molar-refractivity contribution >= 4 is 33.5 Å². The number of hydrogen-bond acceptors (Lipinski definition) is 3. The molecule has 0 aliphatic heterocycles. The molecule has 0 radical (unpaired) electrons. The lowest BCUT2D eigenvalue weighted by atomic mass is 10.1. The Labute approximate surface area is 171 Å². The maximum atomic E-state index is 13.5. The Hall–Kier alpha value is -4.03. The lowest BCUT2D eigenvalue weighted by Crippen LogP contribution is -2.11. The highest BCUT2D eigenvalue weighted by Gasteiger charge is 2.12. The highest BCUT2D eigenvalue weighted by atomic mass is 19.1. The third-order valence-electron chi connectivity index (χ3n) is 4.73. The van der Waals surface area contributed by atoms with Crippen molar-refractivity contribution in [3.63, 3.8) is 0 Å². The van der Waals surface area contributed by atoms with Crippen molar-refractivity contribution in [3.05, 3.63) is 96.3 Å². The number of oxazole rings is 1. The van der Waals surface area contributed by atoms with E-state index < -0.39 is 0 Å². The summed E-state index contributed by atoms with van der Waals surface area (Å²) in [6.07, 6.45) is 0. The summed E-state index contributed by atoms with van der Waals surface area (Å²) in [6, 6.07) is 24.8. The fourth-order valence-corrected chi connectivity index (χ4v) is 3.28. The Kier molecular flexibility index (Phi) is 5.00. The summed E-state index contributed by atoms with van der Waals surface area (Å²) in [6.45, 7) is 0. The lowest BCUT2D eigenvalue weighted by molar-refractivity contribution is 0.102. The van der Waals surface area contributed by atoms with Gasteiger partial charge in [0.2, 0.25) is 5.89 Å². The highest BCUT2D eigenvalue weighted by molar-refractivity contribution is 6.07. The predicted molar refractivity (Wildman–Crippen MR) is 115 cm³/mol. The fourth-order valence-electron chi connectivity index (χ4n) is 3.28. The van der Waals surface area contributed by atoms with Crippen LogP contribution in [0.4, 0.5) is 10.1 Å². The Morgan fingerprint density at radius 3 is 2.53 bits per heavy atom. The van der Waals surface area contributed by atoms with E-state index in [0.717, 1.165) is 10.8 Å². The summed E-state index contributed by atoms with van der Waals surface area (Å²) in [7, 11) is 0. The maximum absolute atomic E-state index is 13.5. The van der Waals surface area contributed by atoms with Crippen LogP contribution in [-0.2, 0) is 0 Å². The van der Waals surface area contributed by atoms with Crippen LogP contribution in [0.25, 0.3) is 33.3 Å². The molecule has 6 heteroatoms. The second-order valence-corrected chi connectivity index (χ2v) is 6.73. The monoisotopic (exact) mass is 400 g/mol. The van der Waals surface area contributed by atoms with Gasteiger partial charge < -0.3 is 15.2 Å². The number of anilines is 1. The molecule has 3 N–H and O–H groups in total. The van der Waals surface area contributed by atoms with Crippen molar-refractivity contribution in [1.82, 2.24) is 4.98 Å². The van der Waals surface area contributed by atoms with Crippen LogP contribution < -0.4 is 5.32 Å². The summed E-state index contributed by atoms with van der Waals surface area (Å²) >= 11 is 0. The van der Waals surface area contributed by atoms with Crippen molar-refractivity contribution in [2.75, 3.05) is 5.32 Å². The maximum Gasteiger partial charge on any atom is 0.255 e. The number of hydrogen-bond donors (Lipinski definition) is 1. The predicted octanol–water partition coefficient (Wildman–Crippen LogP) is 5.21. The van der Waals surface area contributed by atoms with E-state index in [0.29, 0.717) is 33.8 Å². The van der Waals surface area contributed by atoms with Gasteiger partial charge in [-0.05, 0) is 59.3 Å². The molecule has 148 valence electrons. The zero-order chi connectivity index (χ0) is 19.8. The number of carbonyl (C=O) groups is 1. The largest absolute Gasteiger partial charge is 0.436 e. The summed E-state index contributed by atoms with van der Waals surface area (Å²) in [5.74, 6) is -0.227. The summed E-state index contributed by atoms with van der Waals surface area (Å²) in [5, 5.41) is 4.98. The van der Waals surface area contributed by atoms with Crippen molar-refractivity contribution in [3.8, 4) is 11.5 Å². The second kappa shape index (κ2) is 7.77. The van der Waals surface area contributed by atoms with E-state index in [9.17, 15) is 9.18 Å². The van der Waals surface area contributed by atoms with Gasteiger partial charge in [-0.2, -0.15) is 0 Å². The van der Waals surface area contributed by atoms with Gasteiger partial charge in [-0.15, -0.1) is 0 Å². The molecule has 5 aromatic rings. The topological polar surface area (TPSA) is 86.6 Å². The molecule has 0 aliphatic rings. The minimum Gasteiger partial charge on any atom is -0.436 e. The molecule has 1 heterocycles. The van der Waals surface area contributed by atoms with Gasteiger partial charge in [-0.25, -0.2) is 9.37 Å². The van der Waals surface area contributed by atoms with Gasteiger partial charge in [0.15, 0.2) is 5.58 Å². The first-order valence-electron chi connectivity index (χ1n) is 9.12. The van der Waals surface area contributed by atoms with E-state index in [1.54, 1.807) is 36.4 Å². The van der Waals surface area contributed by atoms with Gasteiger partial charge >= 0.3 is 0 Å². The molecule has 0 bridgehead atoms. The van der Waals surface area contributed by atoms with E-state index in [2.05, 4.69) is 10.3 Å². The Balaban J connectivity index is 0.00000218. The number of fused-ring (bicyclic) bond motifs is 2. The highest BCUT2D eigenvalue weighted by Crippen LogP contribution is 2.27. The van der Waals surface area contributed by atoms with Crippen LogP contribution in [0.2, 0.25) is 0 Å². The van der Waals surface area contributed by atoms with E-state index in [-0.39, 0.29) is 17.2 Å². The van der Waals surface area contributed by atoms with Crippen LogP contribution in [0.15, 0.2) is 89.3 Å². The second-order valence-electron chi connectivity index (χ2n) is 6.73. The van der Waals surface area contributed by atoms with Gasteiger partial charge in [0.05, 0.1) is 0 Å². The van der Waals surface area contributed by atoms with Crippen LogP contribution >= 0.6 is 0 Å². The molecule has 30 heavy (non-hydrogen) atoms. The average Bonchev–Trinajstić information content (AvgIpc) is 3.17. The van der Waals surface area contributed by atoms with Crippen LogP contribution in [0.3, 0.4) is 0 Å². The molecule has 0 aliphatic carbocycles. The molecular formula is C24H17FN2O3. The summed E-state index contributed by atoms with van der Waals surface area (Å²) in [5.41, 5.74) is 2.88. The Morgan fingerprint density at radius 2 is 1.70 bits per heavy atom. The number of nitrogens with zero attached hydrogens (tertiary/aromatic N) is 1. The van der Waals surface area contributed by atoms with Crippen molar-refractivity contribution < 1.29 is 19.1 Å². The van der Waals surface area contributed by atoms with Crippen molar-refractivity contribution in [2.24, 2.45) is 0 Å². The molecule has 1 aromatic heterocycles. The van der Waals surface area contributed by atoms with Crippen LogP contribution in [0.1, 0.15) is 10.4 Å². The molecule has 0 saturated heterocycles. The van der Waals surface area contributed by atoms with E-state index >= 15 is 0 Å². The van der Waals surface area contributed by atoms with Crippen molar-refractivity contribution in [2.45, 2.75) is 0 Å². The minimum absolute atomic E-state index is 0. The van der Waals surface area contributed by atoms with Crippen molar-refractivity contribution in [1.29, 1.82) is 0 Å². The number of amides is 1. The molecule has 0 fully saturated rings. The first-order chi connectivity index (χ1) is 14.2. The van der Waals surface area contributed by atoms with Gasteiger partial charge in [0, 0.05) is 16.8 Å². The molecule has 0 saturated carbocycles. The Morgan fingerprint density at radius 1 is 0.867 bits per heavy atom. The standard InChI is InChI=1S/C24H15FN2O2.H2O/c25-19-7-3-6-18(13-19)24-27-21-14-20(10-11-22(21)29-24)26-23(28)17-9-8-15-4-1-2-5-16(15)12-17;/h1-14H,(H,26,28);1H2. The zero-order valence-electron chi connectivity index (χ0n) is 15.7. The zero-order valence-corrected chi connectivity index (χ0v) is 15.7. The minimum atomic E-state index is -0.354. The van der Waals surface area contributed by atoms with Gasteiger partial charge in [-0.1, -0.05) is 36.4 Å². The average molecular weight is 400 g/mol. The van der Waals surface area contributed by atoms with E-state index in [1.165, 1.54) is 12.1 Å². The molecule has 5 rings (SSSR count). The fraction of sp³-hybridized carbons (Fsp3) is 0. The number of benzene rings is 4. The third-order valence-corrected chi connectivity index (χ3v) is 4.73. The molecule has 1 amide bonds. The smallest absolute Gasteiger partial charge is 0.255 e. The summed E-state index contributed by atoms with van der Waals surface area (Å²) in [4.78, 5) is 17.1. The lowest BCUT2D eigenvalue weighted by Gasteiger charge is -2.06. The van der Waals surface area contributed by atoms with Crippen LogP contribution in [-0.4, -0.2) is 16.4 Å². The summed E-state index contributed by atoms with van der Waals surface area (Å²) < 4.78 is 19.2. The van der Waals surface area contributed by atoms with Gasteiger partial charge in [-0.3, -0.25) is 4.79 Å². The SMILES string of the molecule is O.O=C(Nc1ccc2oc(-c3cccc(F)c3)nc2c1)c1ccc2ccccc2c1. The number of nitrogens with one attached hydrogen (secondary N) is 1. The first-order valence-corrected chi connectivity index (χ1v) is 9.12. The van der Waals surface area contributed by atoms with Crippen LogP contribution in [0, 0.1) is 5.82 Å².